The average molecular weight is 278 g/mol. The number of phenolic OH excluding ortho intramolecular Hbond substituents is 1. The van der Waals surface area contributed by atoms with Crippen molar-refractivity contribution in [3.8, 4) is 5.75 Å². The minimum absolute atomic E-state index is 0.214. The molecule has 0 atom stereocenters. The van der Waals surface area contributed by atoms with Crippen molar-refractivity contribution in [2.45, 2.75) is 6.54 Å². The van der Waals surface area contributed by atoms with E-state index in [2.05, 4.69) is 15.5 Å². The molecule has 1 amide bonds. The first-order valence-corrected chi connectivity index (χ1v) is 6.29. The molecule has 0 aliphatic carbocycles. The average Bonchev–Trinajstić information content (AvgIpc) is 2.81. The van der Waals surface area contributed by atoms with Crippen molar-refractivity contribution in [3.63, 3.8) is 0 Å². The number of carbonyl (C=O) groups excluding carboxylic acids is 1. The highest BCUT2D eigenvalue weighted by molar-refractivity contribution is 5.82. The number of hydrogen-bond donors (Lipinski definition) is 3. The first-order valence-electron chi connectivity index (χ1n) is 6.29. The number of alkyl carbamates (subject to hydrolysis) is 1. The summed E-state index contributed by atoms with van der Waals surface area (Å²) in [7, 11) is 3.44. The van der Waals surface area contributed by atoms with Gasteiger partial charge in [0, 0.05) is 25.5 Å². The van der Waals surface area contributed by atoms with Crippen molar-refractivity contribution in [2.75, 3.05) is 27.2 Å². The molecule has 20 heavy (non-hydrogen) atoms. The monoisotopic (exact) mass is 278 g/mol. The fraction of sp³-hybridized carbons (Fsp3) is 0.385. The van der Waals surface area contributed by atoms with Crippen molar-refractivity contribution >= 4 is 17.0 Å². The summed E-state index contributed by atoms with van der Waals surface area (Å²) in [5, 5.41) is 19.9. The van der Waals surface area contributed by atoms with Gasteiger partial charge in [-0.25, -0.2) is 4.79 Å². The standard InChI is InChI=1S/C13H18N4O3/c1-14-13(19)20-6-5-17(2)8-12-10-7-9(18)3-4-11(10)15-16-12/h3-4,7,18H,5-6,8H2,1-2H3,(H,14,19)(H,15,16). The molecule has 0 aliphatic rings. The van der Waals surface area contributed by atoms with Crippen molar-refractivity contribution in [2.24, 2.45) is 0 Å². The number of fused-ring (bicyclic) bond motifs is 1. The SMILES string of the molecule is CNC(=O)OCCN(C)Cc1[nH]nc2ccc(O)cc12. The Labute approximate surface area is 116 Å². The fourth-order valence-corrected chi connectivity index (χ4v) is 1.89. The molecular formula is C13H18N4O3. The van der Waals surface area contributed by atoms with Crippen LogP contribution in [0.25, 0.3) is 10.9 Å². The van der Waals surface area contributed by atoms with Crippen molar-refractivity contribution in [3.05, 3.63) is 23.9 Å². The van der Waals surface area contributed by atoms with E-state index >= 15 is 0 Å². The minimum Gasteiger partial charge on any atom is -0.508 e. The molecule has 2 aromatic rings. The molecule has 0 aliphatic heterocycles. The van der Waals surface area contributed by atoms with E-state index in [9.17, 15) is 9.90 Å². The molecule has 3 N–H and O–H groups in total. The van der Waals surface area contributed by atoms with Crippen LogP contribution in [-0.2, 0) is 11.3 Å². The Hall–Kier alpha value is -2.28. The maximum absolute atomic E-state index is 10.9. The third kappa shape index (κ3) is 3.39. The first-order chi connectivity index (χ1) is 9.60. The summed E-state index contributed by atoms with van der Waals surface area (Å²) < 4.78 is 4.93. The van der Waals surface area contributed by atoms with Crippen LogP contribution >= 0.6 is 0 Å². The van der Waals surface area contributed by atoms with Gasteiger partial charge in [-0.15, -0.1) is 0 Å². The summed E-state index contributed by atoms with van der Waals surface area (Å²) in [6.45, 7) is 1.54. The molecule has 0 spiro atoms. The normalized spacial score (nSPS) is 10.9. The molecule has 108 valence electrons. The highest BCUT2D eigenvalue weighted by atomic mass is 16.5. The Bertz CT molecular complexity index is 596. The lowest BCUT2D eigenvalue weighted by Crippen LogP contribution is -2.27. The molecule has 7 heteroatoms. The van der Waals surface area contributed by atoms with Gasteiger partial charge in [-0.2, -0.15) is 5.10 Å². The Kier molecular flexibility index (Phi) is 4.41. The Morgan fingerprint density at radius 2 is 2.35 bits per heavy atom. The van der Waals surface area contributed by atoms with Crippen LogP contribution in [0, 0.1) is 0 Å². The number of amides is 1. The van der Waals surface area contributed by atoms with Crippen LogP contribution in [0.5, 0.6) is 5.75 Å². The second-order valence-electron chi connectivity index (χ2n) is 4.53. The number of aromatic nitrogens is 2. The van der Waals surface area contributed by atoms with E-state index in [1.165, 1.54) is 7.05 Å². The summed E-state index contributed by atoms with van der Waals surface area (Å²) in [4.78, 5) is 12.9. The third-order valence-corrected chi connectivity index (χ3v) is 2.95. The Balaban J connectivity index is 1.94. The minimum atomic E-state index is -0.435. The summed E-state index contributed by atoms with van der Waals surface area (Å²) in [5.41, 5.74) is 1.73. The van der Waals surface area contributed by atoms with Gasteiger partial charge in [-0.3, -0.25) is 10.00 Å². The summed E-state index contributed by atoms with van der Waals surface area (Å²) in [5.74, 6) is 0.214. The zero-order valence-corrected chi connectivity index (χ0v) is 11.5. The van der Waals surface area contributed by atoms with E-state index in [1.807, 2.05) is 11.9 Å². The van der Waals surface area contributed by atoms with Crippen LogP contribution in [0.3, 0.4) is 0 Å². The zero-order valence-electron chi connectivity index (χ0n) is 11.5. The molecule has 0 unspecified atom stereocenters. The van der Waals surface area contributed by atoms with Gasteiger partial charge in [0.2, 0.25) is 0 Å². The maximum atomic E-state index is 10.9. The van der Waals surface area contributed by atoms with Crippen LogP contribution in [0.4, 0.5) is 4.79 Å². The number of likely N-dealkylation sites (N-methyl/N-ethyl adjacent to an activating group) is 1. The lowest BCUT2D eigenvalue weighted by atomic mass is 10.2. The predicted molar refractivity (Wildman–Crippen MR) is 74.5 cm³/mol. The van der Waals surface area contributed by atoms with Gasteiger partial charge in [0.05, 0.1) is 11.2 Å². The molecule has 1 heterocycles. The highest BCUT2D eigenvalue weighted by Crippen LogP contribution is 2.21. The van der Waals surface area contributed by atoms with Gasteiger partial charge in [-0.1, -0.05) is 0 Å². The molecule has 1 aromatic heterocycles. The van der Waals surface area contributed by atoms with Crippen LogP contribution in [-0.4, -0.2) is 53.5 Å². The van der Waals surface area contributed by atoms with E-state index in [1.54, 1.807) is 18.2 Å². The summed E-state index contributed by atoms with van der Waals surface area (Å²) in [6, 6.07) is 5.05. The quantitative estimate of drug-likeness (QED) is 0.760. The number of hydrogen-bond acceptors (Lipinski definition) is 5. The second kappa shape index (κ2) is 6.25. The number of aromatic hydroxyl groups is 1. The Morgan fingerprint density at radius 3 is 3.10 bits per heavy atom. The van der Waals surface area contributed by atoms with Crippen LogP contribution in [0.1, 0.15) is 5.69 Å². The number of phenols is 1. The van der Waals surface area contributed by atoms with E-state index in [0.717, 1.165) is 16.6 Å². The molecule has 2 rings (SSSR count). The Morgan fingerprint density at radius 1 is 1.55 bits per heavy atom. The molecular weight excluding hydrogens is 260 g/mol. The number of ether oxygens (including phenoxy) is 1. The third-order valence-electron chi connectivity index (χ3n) is 2.95. The van der Waals surface area contributed by atoms with E-state index < -0.39 is 6.09 Å². The van der Waals surface area contributed by atoms with Crippen molar-refractivity contribution in [1.29, 1.82) is 0 Å². The molecule has 0 fully saturated rings. The highest BCUT2D eigenvalue weighted by Gasteiger charge is 2.09. The largest absolute Gasteiger partial charge is 0.508 e. The molecule has 1 aromatic carbocycles. The van der Waals surface area contributed by atoms with Gasteiger partial charge in [-0.05, 0) is 25.2 Å². The topological polar surface area (TPSA) is 90.5 Å². The number of H-pyrrole nitrogens is 1. The van der Waals surface area contributed by atoms with Crippen LogP contribution < -0.4 is 5.32 Å². The zero-order chi connectivity index (χ0) is 14.5. The predicted octanol–water partition coefficient (Wildman–Crippen LogP) is 1.06. The van der Waals surface area contributed by atoms with Crippen molar-refractivity contribution < 1.29 is 14.6 Å². The van der Waals surface area contributed by atoms with Crippen molar-refractivity contribution in [1.82, 2.24) is 20.4 Å². The van der Waals surface area contributed by atoms with Gasteiger partial charge >= 0.3 is 6.09 Å². The first kappa shape index (κ1) is 14.1. The summed E-state index contributed by atoms with van der Waals surface area (Å²) >= 11 is 0. The number of rotatable bonds is 5. The van der Waals surface area contributed by atoms with Crippen LogP contribution in [0.2, 0.25) is 0 Å². The molecule has 0 saturated carbocycles. The molecule has 0 bridgehead atoms. The lowest BCUT2D eigenvalue weighted by molar-refractivity contribution is 0.133. The van der Waals surface area contributed by atoms with Gasteiger partial charge in [0.25, 0.3) is 0 Å². The smallest absolute Gasteiger partial charge is 0.406 e. The number of aromatic amines is 1. The maximum Gasteiger partial charge on any atom is 0.406 e. The van der Waals surface area contributed by atoms with E-state index in [-0.39, 0.29) is 5.75 Å². The van der Waals surface area contributed by atoms with Gasteiger partial charge < -0.3 is 15.2 Å². The van der Waals surface area contributed by atoms with Crippen LogP contribution in [0.15, 0.2) is 18.2 Å². The van der Waals surface area contributed by atoms with Gasteiger partial charge in [0.1, 0.15) is 12.4 Å². The summed E-state index contributed by atoms with van der Waals surface area (Å²) in [6.07, 6.45) is -0.435. The lowest BCUT2D eigenvalue weighted by Gasteiger charge is -2.15. The van der Waals surface area contributed by atoms with Gasteiger partial charge in [0.15, 0.2) is 0 Å². The van der Waals surface area contributed by atoms with E-state index in [0.29, 0.717) is 19.7 Å². The van der Waals surface area contributed by atoms with E-state index in [4.69, 9.17) is 4.74 Å². The number of carbonyl (C=O) groups is 1. The fourth-order valence-electron chi connectivity index (χ4n) is 1.89. The molecule has 7 nitrogen and oxygen atoms in total. The number of benzene rings is 1. The molecule has 0 radical (unpaired) electrons. The second-order valence-corrected chi connectivity index (χ2v) is 4.53. The number of nitrogens with one attached hydrogen (secondary N) is 2. The molecule has 0 saturated heterocycles. The number of nitrogens with zero attached hydrogens (tertiary/aromatic N) is 2.